The highest BCUT2D eigenvalue weighted by molar-refractivity contribution is 6.12. The smallest absolute Gasteiger partial charge is 0.235 e. The monoisotopic (exact) mass is 461 g/mol. The Kier molecular flexibility index (Phi) is 3.73. The summed E-state index contributed by atoms with van der Waals surface area (Å²) in [5.74, 6) is 0.704. The van der Waals surface area contributed by atoms with Gasteiger partial charge in [0, 0.05) is 27.8 Å². The van der Waals surface area contributed by atoms with Crippen LogP contribution < -0.4 is 0 Å². The summed E-state index contributed by atoms with van der Waals surface area (Å²) in [6, 6.07) is 34.9. The molecule has 7 aromatic rings. The minimum atomic E-state index is -0.0949. The Balaban J connectivity index is 1.50. The zero-order valence-corrected chi connectivity index (χ0v) is 20.2. The van der Waals surface area contributed by atoms with Crippen LogP contribution in [-0.4, -0.2) is 14.5 Å². The Bertz CT molecular complexity index is 2030. The molecule has 170 valence electrons. The van der Waals surface area contributed by atoms with Crippen molar-refractivity contribution < 1.29 is 0 Å². The first-order valence-electron chi connectivity index (χ1n) is 12.4. The van der Waals surface area contributed by atoms with E-state index in [1.165, 1.54) is 43.8 Å². The molecular formula is C33H23N3. The maximum atomic E-state index is 4.98. The molecule has 2 heterocycles. The maximum Gasteiger partial charge on any atom is 0.235 e. The molecule has 0 fully saturated rings. The van der Waals surface area contributed by atoms with Crippen molar-refractivity contribution >= 4 is 43.5 Å². The van der Waals surface area contributed by atoms with Crippen LogP contribution in [0, 0.1) is 0 Å². The van der Waals surface area contributed by atoms with Crippen LogP contribution in [0.25, 0.3) is 60.6 Å². The molecule has 1 aliphatic carbocycles. The molecule has 0 saturated heterocycles. The molecule has 0 atom stereocenters. The predicted molar refractivity (Wildman–Crippen MR) is 149 cm³/mol. The van der Waals surface area contributed by atoms with E-state index in [9.17, 15) is 0 Å². The van der Waals surface area contributed by atoms with Gasteiger partial charge in [0.1, 0.15) is 0 Å². The van der Waals surface area contributed by atoms with Crippen LogP contribution in [0.4, 0.5) is 0 Å². The van der Waals surface area contributed by atoms with Crippen molar-refractivity contribution in [1.82, 2.24) is 14.5 Å². The lowest BCUT2D eigenvalue weighted by molar-refractivity contribution is 0.667. The highest BCUT2D eigenvalue weighted by Gasteiger charge is 2.37. The number of hydrogen-bond acceptors (Lipinski definition) is 2. The summed E-state index contributed by atoms with van der Waals surface area (Å²) in [7, 11) is 0. The summed E-state index contributed by atoms with van der Waals surface area (Å²) < 4.78 is 2.23. The molecule has 36 heavy (non-hydrogen) atoms. The van der Waals surface area contributed by atoms with Gasteiger partial charge < -0.3 is 0 Å². The lowest BCUT2D eigenvalue weighted by atomic mass is 9.80. The number of para-hydroxylation sites is 2. The number of hydrogen-bond donors (Lipinski definition) is 0. The van der Waals surface area contributed by atoms with Gasteiger partial charge in [-0.2, -0.15) is 0 Å². The van der Waals surface area contributed by atoms with E-state index in [0.29, 0.717) is 5.95 Å². The standard InChI is InChI=1S/C33H23N3/c1-33(2)27-17-26-23-12-6-8-14-29(23)36(32-34-19-21-10-4-7-13-28(21)35-32)30(26)18-25(27)24-16-15-20-9-3-5-11-22(20)31(24)33/h3-19H,1-2H3. The number of rotatable bonds is 1. The minimum absolute atomic E-state index is 0.0949. The van der Waals surface area contributed by atoms with Gasteiger partial charge in [-0.05, 0) is 57.3 Å². The molecule has 3 heteroatoms. The van der Waals surface area contributed by atoms with E-state index in [-0.39, 0.29) is 5.41 Å². The van der Waals surface area contributed by atoms with Crippen molar-refractivity contribution in [3.8, 4) is 17.1 Å². The molecule has 0 saturated carbocycles. The van der Waals surface area contributed by atoms with Crippen LogP contribution in [-0.2, 0) is 5.41 Å². The van der Waals surface area contributed by atoms with Gasteiger partial charge in [0.25, 0.3) is 0 Å². The van der Waals surface area contributed by atoms with E-state index in [0.717, 1.165) is 21.9 Å². The van der Waals surface area contributed by atoms with Crippen LogP contribution in [0.5, 0.6) is 0 Å². The summed E-state index contributed by atoms with van der Waals surface area (Å²) in [5, 5.41) is 6.15. The van der Waals surface area contributed by atoms with Gasteiger partial charge in [0.05, 0.1) is 16.6 Å². The summed E-state index contributed by atoms with van der Waals surface area (Å²) in [6.45, 7) is 4.73. The highest BCUT2D eigenvalue weighted by atomic mass is 15.2. The third-order valence-corrected chi connectivity index (χ3v) is 8.01. The Hall–Kier alpha value is -4.50. The molecular weight excluding hydrogens is 438 g/mol. The Morgan fingerprint density at radius 1 is 0.639 bits per heavy atom. The van der Waals surface area contributed by atoms with Crippen molar-refractivity contribution in [2.45, 2.75) is 19.3 Å². The third-order valence-electron chi connectivity index (χ3n) is 8.01. The SMILES string of the molecule is CC1(C)c2cc3c4ccccc4n(-c4ncc5ccccc5n4)c3cc2-c2ccc3ccccc3c21. The zero-order chi connectivity index (χ0) is 24.0. The average molecular weight is 462 g/mol. The van der Waals surface area contributed by atoms with Crippen molar-refractivity contribution in [3.63, 3.8) is 0 Å². The molecule has 5 aromatic carbocycles. The molecule has 1 aliphatic rings. The van der Waals surface area contributed by atoms with Gasteiger partial charge in [0.2, 0.25) is 5.95 Å². The molecule has 0 spiro atoms. The number of nitrogens with zero attached hydrogens (tertiary/aromatic N) is 3. The second-order valence-electron chi connectivity index (χ2n) is 10.3. The normalized spacial score (nSPS) is 14.1. The quantitative estimate of drug-likeness (QED) is 0.247. The molecule has 3 nitrogen and oxygen atoms in total. The van der Waals surface area contributed by atoms with Crippen molar-refractivity contribution in [1.29, 1.82) is 0 Å². The first-order valence-corrected chi connectivity index (χ1v) is 12.4. The maximum absolute atomic E-state index is 4.98. The highest BCUT2D eigenvalue weighted by Crippen LogP contribution is 2.53. The van der Waals surface area contributed by atoms with Gasteiger partial charge in [-0.25, -0.2) is 9.97 Å². The lowest BCUT2D eigenvalue weighted by Crippen LogP contribution is -2.15. The van der Waals surface area contributed by atoms with Crippen LogP contribution in [0.2, 0.25) is 0 Å². The molecule has 0 bridgehead atoms. The molecule has 0 unspecified atom stereocenters. The summed E-state index contributed by atoms with van der Waals surface area (Å²) in [4.78, 5) is 9.79. The zero-order valence-electron chi connectivity index (χ0n) is 20.2. The van der Waals surface area contributed by atoms with E-state index in [1.54, 1.807) is 0 Å². The molecule has 0 radical (unpaired) electrons. The van der Waals surface area contributed by atoms with Crippen molar-refractivity contribution in [2.75, 3.05) is 0 Å². The second kappa shape index (κ2) is 6.79. The van der Waals surface area contributed by atoms with Crippen molar-refractivity contribution in [3.05, 3.63) is 114 Å². The second-order valence-corrected chi connectivity index (χ2v) is 10.3. The fourth-order valence-corrected chi connectivity index (χ4v) is 6.34. The van der Waals surface area contributed by atoms with Gasteiger partial charge in [-0.1, -0.05) is 86.6 Å². The Morgan fingerprint density at radius 3 is 2.28 bits per heavy atom. The Morgan fingerprint density at radius 2 is 1.39 bits per heavy atom. The van der Waals surface area contributed by atoms with E-state index < -0.39 is 0 Å². The van der Waals surface area contributed by atoms with E-state index in [4.69, 9.17) is 9.97 Å². The van der Waals surface area contributed by atoms with Gasteiger partial charge in [0.15, 0.2) is 0 Å². The average Bonchev–Trinajstić information content (AvgIpc) is 3.36. The molecule has 8 rings (SSSR count). The summed E-state index contributed by atoms with van der Waals surface area (Å²) in [5.41, 5.74) is 8.55. The third kappa shape index (κ3) is 2.47. The van der Waals surface area contributed by atoms with E-state index in [2.05, 4.69) is 103 Å². The molecule has 0 amide bonds. The first-order chi connectivity index (χ1) is 17.6. The van der Waals surface area contributed by atoms with E-state index in [1.807, 2.05) is 18.3 Å². The first kappa shape index (κ1) is 19.8. The van der Waals surface area contributed by atoms with Gasteiger partial charge in [-0.15, -0.1) is 0 Å². The van der Waals surface area contributed by atoms with Crippen LogP contribution in [0.3, 0.4) is 0 Å². The molecule has 2 aromatic heterocycles. The molecule has 0 N–H and O–H groups in total. The van der Waals surface area contributed by atoms with Gasteiger partial charge >= 0.3 is 0 Å². The Labute approximate surface area is 208 Å². The molecule has 0 aliphatic heterocycles. The topological polar surface area (TPSA) is 30.7 Å². The fourth-order valence-electron chi connectivity index (χ4n) is 6.34. The van der Waals surface area contributed by atoms with E-state index >= 15 is 0 Å². The number of benzene rings is 5. The number of aromatic nitrogens is 3. The van der Waals surface area contributed by atoms with Crippen LogP contribution in [0.1, 0.15) is 25.0 Å². The van der Waals surface area contributed by atoms with Crippen molar-refractivity contribution in [2.24, 2.45) is 0 Å². The predicted octanol–water partition coefficient (Wildman–Crippen LogP) is 8.19. The van der Waals surface area contributed by atoms with Crippen LogP contribution in [0.15, 0.2) is 103 Å². The van der Waals surface area contributed by atoms with Gasteiger partial charge in [-0.3, -0.25) is 4.57 Å². The lowest BCUT2D eigenvalue weighted by Gasteiger charge is -2.23. The summed E-state index contributed by atoms with van der Waals surface area (Å²) >= 11 is 0. The minimum Gasteiger partial charge on any atom is -0.278 e. The fraction of sp³-hybridized carbons (Fsp3) is 0.0909. The summed E-state index contributed by atoms with van der Waals surface area (Å²) in [6.07, 6.45) is 1.93. The number of fused-ring (bicyclic) bond motifs is 9. The van der Waals surface area contributed by atoms with Crippen LogP contribution >= 0.6 is 0 Å². The largest absolute Gasteiger partial charge is 0.278 e.